The van der Waals surface area contributed by atoms with Gasteiger partial charge in [-0.05, 0) is 41.5 Å². The molecule has 0 aromatic carbocycles. The summed E-state index contributed by atoms with van der Waals surface area (Å²) in [5.41, 5.74) is 0.537. The van der Waals surface area contributed by atoms with Crippen LogP contribution in [0.5, 0.6) is 0 Å². The molecule has 0 rings (SSSR count). The van der Waals surface area contributed by atoms with Gasteiger partial charge in [-0.1, -0.05) is 0 Å². The Morgan fingerprint density at radius 1 is 0.667 bits per heavy atom. The Bertz CT molecular complexity index is 109. The molecule has 0 aliphatic rings. The van der Waals surface area contributed by atoms with Crippen LogP contribution in [0.15, 0.2) is 0 Å². The van der Waals surface area contributed by atoms with E-state index in [-0.39, 0.29) is 70.9 Å². The van der Waals surface area contributed by atoms with Crippen molar-refractivity contribution in [1.29, 1.82) is 0 Å². The van der Waals surface area contributed by atoms with E-state index in [2.05, 4.69) is 51.5 Å². The second kappa shape index (κ2) is 11.7. The van der Waals surface area contributed by atoms with E-state index in [0.29, 0.717) is 0 Å². The Labute approximate surface area is 122 Å². The first-order chi connectivity index (χ1) is 4.71. The third kappa shape index (κ3) is 31.3. The van der Waals surface area contributed by atoms with Crippen molar-refractivity contribution in [3.05, 3.63) is 12.3 Å². The summed E-state index contributed by atoms with van der Waals surface area (Å²) in [6, 6.07) is 0. The number of hydrogen-bond acceptors (Lipinski definition) is 2. The molecule has 7 heteroatoms. The molecule has 15 heavy (non-hydrogen) atoms. The van der Waals surface area contributed by atoms with Crippen molar-refractivity contribution in [2.45, 2.75) is 52.6 Å². The number of rotatable bonds is 2. The number of nitrogens with one attached hydrogen (secondary N) is 2. The van der Waals surface area contributed by atoms with Gasteiger partial charge in [0.15, 0.2) is 9.84 Å². The molecule has 0 aromatic heterocycles. The molecule has 0 unspecified atom stereocenters. The fourth-order valence-electron chi connectivity index (χ4n) is 0.575. The average Bonchev–Trinajstić information content (AvgIpc) is 1.55. The molecular formula is C8H26Li2N4Si. The maximum Gasteiger partial charge on any atom is 1.00 e. The van der Waals surface area contributed by atoms with Gasteiger partial charge in [0, 0.05) is 11.1 Å². The smallest absolute Gasteiger partial charge is 0.693 e. The molecule has 0 bridgehead atoms. The first-order valence-electron chi connectivity index (χ1n) is 4.21. The minimum absolute atomic E-state index is 0. The van der Waals surface area contributed by atoms with E-state index in [9.17, 15) is 0 Å². The van der Waals surface area contributed by atoms with Crippen molar-refractivity contribution in [3.63, 3.8) is 0 Å². The molecule has 0 radical (unpaired) electrons. The topological polar surface area (TPSA) is 91.1 Å². The summed E-state index contributed by atoms with van der Waals surface area (Å²) in [4.78, 5) is 7.01. The van der Waals surface area contributed by atoms with E-state index in [1.165, 1.54) is 0 Å². The van der Waals surface area contributed by atoms with E-state index in [1.54, 1.807) is 0 Å². The van der Waals surface area contributed by atoms with Crippen LogP contribution in [-0.4, -0.2) is 20.9 Å². The van der Waals surface area contributed by atoms with Crippen molar-refractivity contribution in [2.75, 3.05) is 0 Å². The molecular weight excluding hydrogens is 194 g/mol. The predicted octanol–water partition coefficient (Wildman–Crippen LogP) is -3.80. The van der Waals surface area contributed by atoms with Gasteiger partial charge in [0.25, 0.3) is 0 Å². The fraction of sp³-hybridized carbons (Fsp3) is 1.00. The van der Waals surface area contributed by atoms with Gasteiger partial charge in [0.2, 0.25) is 0 Å². The number of hydrogen-bond donors (Lipinski definition) is 2. The molecule has 0 heterocycles. The van der Waals surface area contributed by atoms with Gasteiger partial charge in [-0.25, -0.2) is 0 Å². The summed E-state index contributed by atoms with van der Waals surface area (Å²) in [6.45, 7) is 13.2. The summed E-state index contributed by atoms with van der Waals surface area (Å²) in [6.07, 6.45) is 0. The van der Waals surface area contributed by atoms with E-state index in [4.69, 9.17) is 0 Å². The van der Waals surface area contributed by atoms with Gasteiger partial charge in [-0.2, -0.15) is 0 Å². The molecule has 0 aliphatic heterocycles. The molecule has 84 valence electrons. The van der Waals surface area contributed by atoms with E-state index in [0.717, 1.165) is 0 Å². The quantitative estimate of drug-likeness (QED) is 0.467. The maximum absolute atomic E-state index is 3.51. The van der Waals surface area contributed by atoms with E-state index >= 15 is 0 Å². The average molecular weight is 220 g/mol. The second-order valence-corrected chi connectivity index (χ2v) is 6.09. The Kier molecular flexibility index (Phi) is 23.3. The Morgan fingerprint density at radius 2 is 0.867 bits per heavy atom. The Morgan fingerprint density at radius 3 is 1.00 bits per heavy atom. The molecule has 0 aliphatic carbocycles. The minimum atomic E-state index is -0.297. The Balaban J connectivity index is -0.0000000833. The van der Waals surface area contributed by atoms with Crippen molar-refractivity contribution < 1.29 is 37.7 Å². The molecule has 0 amide bonds. The normalized spacial score (nSPS) is 10.0. The first kappa shape index (κ1) is 29.9. The van der Waals surface area contributed by atoms with Crippen LogP contribution in [0.2, 0.25) is 0 Å². The molecule has 0 saturated carbocycles. The van der Waals surface area contributed by atoms with Crippen LogP contribution in [0.3, 0.4) is 0 Å². The zero-order valence-electron chi connectivity index (χ0n) is 11.9. The molecule has 0 atom stereocenters. The summed E-state index contributed by atoms with van der Waals surface area (Å²) in [7, 11) is -0.297. The van der Waals surface area contributed by atoms with Gasteiger partial charge in [0.05, 0.1) is 0 Å². The van der Waals surface area contributed by atoms with Gasteiger partial charge in [0.1, 0.15) is 0 Å². The molecule has 6 N–H and O–H groups in total. The SMILES string of the molecule is CC(C)(C)N[SiH2]NC(C)(C)C.[Li+].[Li+].[NH2-].[NH2-]. The van der Waals surface area contributed by atoms with Gasteiger partial charge >= 0.3 is 37.7 Å². The molecule has 0 fully saturated rings. The first-order valence-corrected chi connectivity index (χ1v) is 5.62. The van der Waals surface area contributed by atoms with Crippen LogP contribution < -0.4 is 47.7 Å². The molecule has 0 aromatic rings. The van der Waals surface area contributed by atoms with Crippen molar-refractivity contribution in [1.82, 2.24) is 9.96 Å². The van der Waals surface area contributed by atoms with Gasteiger partial charge < -0.3 is 22.3 Å². The largest absolute Gasteiger partial charge is 1.00 e. The van der Waals surface area contributed by atoms with Gasteiger partial charge in [-0.15, -0.1) is 0 Å². The van der Waals surface area contributed by atoms with Crippen LogP contribution in [0.4, 0.5) is 0 Å². The number of nitrogens with two attached hydrogens (primary N) is 2. The standard InChI is InChI=1S/C8H22N2Si.2Li.2H2N/c1-7(2,3)9-11-10-8(4,5)6;;;;/h9-10H,11H2,1-6H3;;;2*1H2/q;2*+1;2*-1. The zero-order chi connectivity index (χ0) is 9.12. The zero-order valence-corrected chi connectivity index (χ0v) is 13.3. The van der Waals surface area contributed by atoms with E-state index in [1.807, 2.05) is 0 Å². The molecule has 0 saturated heterocycles. The maximum atomic E-state index is 3.51. The van der Waals surface area contributed by atoms with Crippen molar-refractivity contribution in [3.8, 4) is 0 Å². The molecule has 4 nitrogen and oxygen atoms in total. The fourth-order valence-corrected chi connectivity index (χ4v) is 1.72. The third-order valence-corrected chi connectivity index (χ3v) is 3.71. The predicted molar refractivity (Wildman–Crippen MR) is 64.9 cm³/mol. The van der Waals surface area contributed by atoms with Crippen LogP contribution in [0.1, 0.15) is 41.5 Å². The van der Waals surface area contributed by atoms with Gasteiger partial charge in [-0.3, -0.25) is 0 Å². The van der Waals surface area contributed by atoms with Crippen LogP contribution >= 0.6 is 0 Å². The summed E-state index contributed by atoms with van der Waals surface area (Å²) >= 11 is 0. The minimum Gasteiger partial charge on any atom is -0.693 e. The van der Waals surface area contributed by atoms with Crippen LogP contribution in [0, 0.1) is 0 Å². The Hall–Kier alpha value is 1.25. The van der Waals surface area contributed by atoms with Crippen molar-refractivity contribution in [2.24, 2.45) is 0 Å². The van der Waals surface area contributed by atoms with E-state index < -0.39 is 0 Å². The monoisotopic (exact) mass is 220 g/mol. The van der Waals surface area contributed by atoms with Crippen LogP contribution in [-0.2, 0) is 0 Å². The summed E-state index contributed by atoms with van der Waals surface area (Å²) in [5, 5.41) is 0. The molecule has 0 spiro atoms. The summed E-state index contributed by atoms with van der Waals surface area (Å²) in [5.74, 6) is 0. The summed E-state index contributed by atoms with van der Waals surface area (Å²) < 4.78 is 0. The second-order valence-electron chi connectivity index (χ2n) is 5.03. The third-order valence-electron chi connectivity index (χ3n) is 1.24. The van der Waals surface area contributed by atoms with Crippen LogP contribution in [0.25, 0.3) is 12.3 Å². The van der Waals surface area contributed by atoms with Crippen molar-refractivity contribution >= 4 is 9.84 Å².